The van der Waals surface area contributed by atoms with E-state index in [0.29, 0.717) is 30.8 Å². The number of nitrogens with one attached hydrogen (secondary N) is 1. The van der Waals surface area contributed by atoms with Crippen molar-refractivity contribution in [3.63, 3.8) is 0 Å². The molecule has 3 aromatic rings. The van der Waals surface area contributed by atoms with E-state index in [0.717, 1.165) is 29.5 Å². The standard InChI is InChI=1S/C28H26F3N3O3S/c1-37-23-15-6-5-14-22(23)33-26(36)24-18-25(35)34(16-8-11-19-9-3-2-4-10-19)27(38-24)32-21-13-7-12-20(17-21)28(29,30)31/h2-7,9-10,12-15,17,24H,8,11,16,18H2,1H3,(H,33,36). The van der Waals surface area contributed by atoms with Crippen molar-refractivity contribution in [2.75, 3.05) is 19.0 Å². The minimum Gasteiger partial charge on any atom is -0.495 e. The van der Waals surface area contributed by atoms with Gasteiger partial charge in [-0.25, -0.2) is 4.99 Å². The van der Waals surface area contributed by atoms with Crippen molar-refractivity contribution in [2.24, 2.45) is 4.99 Å². The largest absolute Gasteiger partial charge is 0.495 e. The summed E-state index contributed by atoms with van der Waals surface area (Å²) < 4.78 is 45.1. The van der Waals surface area contributed by atoms with Crippen LogP contribution >= 0.6 is 11.8 Å². The fraction of sp³-hybridized carbons (Fsp3) is 0.250. The number of hydrogen-bond acceptors (Lipinski definition) is 5. The summed E-state index contributed by atoms with van der Waals surface area (Å²) in [6, 6.07) is 21.2. The van der Waals surface area contributed by atoms with Crippen molar-refractivity contribution in [1.82, 2.24) is 4.90 Å². The number of amidine groups is 1. The number of amides is 2. The predicted octanol–water partition coefficient (Wildman–Crippen LogP) is 6.31. The average molecular weight is 542 g/mol. The molecule has 198 valence electrons. The van der Waals surface area contributed by atoms with Crippen LogP contribution in [0.3, 0.4) is 0 Å². The Morgan fingerprint density at radius 1 is 1.08 bits per heavy atom. The molecule has 0 spiro atoms. The normalized spacial score (nSPS) is 16.9. The maximum Gasteiger partial charge on any atom is 0.416 e. The van der Waals surface area contributed by atoms with Crippen LogP contribution in [0.25, 0.3) is 0 Å². The Bertz CT molecular complexity index is 1320. The molecule has 1 aliphatic heterocycles. The number of carbonyl (C=O) groups is 2. The summed E-state index contributed by atoms with van der Waals surface area (Å²) in [5.74, 6) is -0.273. The molecule has 0 aliphatic carbocycles. The van der Waals surface area contributed by atoms with Crippen LogP contribution in [-0.4, -0.2) is 40.8 Å². The van der Waals surface area contributed by atoms with Crippen LogP contribution in [0.4, 0.5) is 24.5 Å². The molecule has 1 atom stereocenters. The van der Waals surface area contributed by atoms with E-state index < -0.39 is 22.9 Å². The molecule has 3 aromatic carbocycles. The van der Waals surface area contributed by atoms with Crippen molar-refractivity contribution in [3.05, 3.63) is 90.0 Å². The quantitative estimate of drug-likeness (QED) is 0.363. The van der Waals surface area contributed by atoms with Gasteiger partial charge in [0.05, 0.1) is 24.0 Å². The number of ether oxygens (including phenoxy) is 1. The van der Waals surface area contributed by atoms with Gasteiger partial charge in [0, 0.05) is 13.0 Å². The number of hydrogen-bond donors (Lipinski definition) is 1. The first-order valence-electron chi connectivity index (χ1n) is 12.0. The van der Waals surface area contributed by atoms with Crippen molar-refractivity contribution in [3.8, 4) is 5.75 Å². The number of aliphatic imine (C=N–C) groups is 1. The second-order valence-corrected chi connectivity index (χ2v) is 9.75. The molecule has 0 aromatic heterocycles. The van der Waals surface area contributed by atoms with Crippen LogP contribution in [0.2, 0.25) is 0 Å². The molecule has 38 heavy (non-hydrogen) atoms. The minimum absolute atomic E-state index is 0.0500. The van der Waals surface area contributed by atoms with Crippen molar-refractivity contribution in [2.45, 2.75) is 30.7 Å². The van der Waals surface area contributed by atoms with E-state index in [1.807, 2.05) is 30.3 Å². The number of carbonyl (C=O) groups excluding carboxylic acids is 2. The Balaban J connectivity index is 1.57. The third-order valence-electron chi connectivity index (χ3n) is 5.89. The number of anilines is 1. The topological polar surface area (TPSA) is 71.0 Å². The summed E-state index contributed by atoms with van der Waals surface area (Å²) in [6.45, 7) is 0.319. The lowest BCUT2D eigenvalue weighted by Gasteiger charge is -2.32. The maximum atomic E-state index is 13.3. The second-order valence-electron chi connectivity index (χ2n) is 8.58. The Kier molecular flexibility index (Phi) is 8.73. The van der Waals surface area contributed by atoms with E-state index in [2.05, 4.69) is 10.3 Å². The van der Waals surface area contributed by atoms with Crippen LogP contribution in [0.5, 0.6) is 5.75 Å². The highest BCUT2D eigenvalue weighted by Crippen LogP contribution is 2.34. The molecule has 0 bridgehead atoms. The molecule has 1 fully saturated rings. The first kappa shape index (κ1) is 27.3. The van der Waals surface area contributed by atoms with Gasteiger partial charge in [-0.05, 0) is 48.7 Å². The van der Waals surface area contributed by atoms with Crippen LogP contribution in [0.1, 0.15) is 24.0 Å². The number of alkyl halides is 3. The molecule has 1 aliphatic rings. The van der Waals surface area contributed by atoms with Gasteiger partial charge < -0.3 is 10.1 Å². The van der Waals surface area contributed by atoms with E-state index in [4.69, 9.17) is 4.74 Å². The molecule has 1 heterocycles. The van der Waals surface area contributed by atoms with Crippen molar-refractivity contribution in [1.29, 1.82) is 0 Å². The number of methoxy groups -OCH3 is 1. The van der Waals surface area contributed by atoms with Gasteiger partial charge >= 0.3 is 6.18 Å². The fourth-order valence-corrected chi connectivity index (χ4v) is 5.10. The SMILES string of the molecule is COc1ccccc1NC(=O)C1CC(=O)N(CCCc2ccccc2)C(=Nc2cccc(C(F)(F)F)c2)S1. The second kappa shape index (κ2) is 12.2. The molecule has 4 rings (SSSR count). The molecule has 2 amide bonds. The van der Waals surface area contributed by atoms with Gasteiger partial charge in [0.2, 0.25) is 11.8 Å². The predicted molar refractivity (Wildman–Crippen MR) is 143 cm³/mol. The Labute approximate surface area is 222 Å². The lowest BCUT2D eigenvalue weighted by Crippen LogP contribution is -2.45. The van der Waals surface area contributed by atoms with Gasteiger partial charge in [-0.3, -0.25) is 14.5 Å². The van der Waals surface area contributed by atoms with Gasteiger partial charge in [-0.2, -0.15) is 13.2 Å². The summed E-state index contributed by atoms with van der Waals surface area (Å²) in [6.07, 6.45) is -3.27. The average Bonchev–Trinajstić information content (AvgIpc) is 2.90. The number of halogens is 3. The number of aryl methyl sites for hydroxylation is 1. The highest BCUT2D eigenvalue weighted by atomic mass is 32.2. The molecule has 1 unspecified atom stereocenters. The van der Waals surface area contributed by atoms with Gasteiger partial charge in [-0.1, -0.05) is 60.3 Å². The van der Waals surface area contributed by atoms with Crippen LogP contribution in [0, 0.1) is 0 Å². The third-order valence-corrected chi connectivity index (χ3v) is 7.07. The Morgan fingerprint density at radius 3 is 2.55 bits per heavy atom. The lowest BCUT2D eigenvalue weighted by atomic mass is 10.1. The van der Waals surface area contributed by atoms with Crippen LogP contribution < -0.4 is 10.1 Å². The van der Waals surface area contributed by atoms with E-state index in [-0.39, 0.29) is 23.2 Å². The smallest absolute Gasteiger partial charge is 0.416 e. The fourth-order valence-electron chi connectivity index (χ4n) is 3.97. The number of nitrogens with zero attached hydrogens (tertiary/aromatic N) is 2. The molecular formula is C28H26F3N3O3S. The third kappa shape index (κ3) is 6.95. The lowest BCUT2D eigenvalue weighted by molar-refractivity contribution is -0.137. The minimum atomic E-state index is -4.53. The summed E-state index contributed by atoms with van der Waals surface area (Å²) in [4.78, 5) is 32.2. The first-order chi connectivity index (χ1) is 18.2. The molecule has 10 heteroatoms. The molecule has 0 saturated carbocycles. The molecule has 1 N–H and O–H groups in total. The number of para-hydroxylation sites is 2. The van der Waals surface area contributed by atoms with Gasteiger partial charge in [-0.15, -0.1) is 0 Å². The molecule has 1 saturated heterocycles. The van der Waals surface area contributed by atoms with Crippen LogP contribution in [-0.2, 0) is 22.2 Å². The molecule has 0 radical (unpaired) electrons. The van der Waals surface area contributed by atoms with Gasteiger partial charge in [0.1, 0.15) is 11.0 Å². The number of rotatable bonds is 8. The highest BCUT2D eigenvalue weighted by Gasteiger charge is 2.36. The zero-order valence-corrected chi connectivity index (χ0v) is 21.4. The number of benzene rings is 3. The van der Waals surface area contributed by atoms with Gasteiger partial charge in [0.15, 0.2) is 5.17 Å². The summed E-state index contributed by atoms with van der Waals surface area (Å²) in [5, 5.41) is 2.16. The van der Waals surface area contributed by atoms with E-state index in [9.17, 15) is 22.8 Å². The maximum absolute atomic E-state index is 13.3. The van der Waals surface area contributed by atoms with E-state index >= 15 is 0 Å². The van der Waals surface area contributed by atoms with Crippen molar-refractivity contribution < 1.29 is 27.5 Å². The highest BCUT2D eigenvalue weighted by molar-refractivity contribution is 8.15. The molecule has 6 nitrogen and oxygen atoms in total. The Morgan fingerprint density at radius 2 is 1.82 bits per heavy atom. The first-order valence-corrected chi connectivity index (χ1v) is 12.8. The molecular weight excluding hydrogens is 515 g/mol. The number of thioether (sulfide) groups is 1. The van der Waals surface area contributed by atoms with Crippen LogP contribution in [0.15, 0.2) is 83.9 Å². The summed E-state index contributed by atoms with van der Waals surface area (Å²) >= 11 is 1.06. The summed E-state index contributed by atoms with van der Waals surface area (Å²) in [5.41, 5.74) is 0.770. The van der Waals surface area contributed by atoms with Crippen molar-refractivity contribution >= 4 is 40.1 Å². The van der Waals surface area contributed by atoms with Gasteiger partial charge in [0.25, 0.3) is 0 Å². The summed E-state index contributed by atoms with van der Waals surface area (Å²) in [7, 11) is 1.48. The van der Waals surface area contributed by atoms with E-state index in [1.54, 1.807) is 24.3 Å². The monoisotopic (exact) mass is 541 g/mol. The zero-order chi connectivity index (χ0) is 27.1. The zero-order valence-electron chi connectivity index (χ0n) is 20.6. The Hall–Kier alpha value is -3.79. The van der Waals surface area contributed by atoms with E-state index in [1.165, 1.54) is 24.1 Å².